The van der Waals surface area contributed by atoms with E-state index >= 15 is 0 Å². The minimum atomic E-state index is -0.815. The molecule has 1 aromatic heterocycles. The third-order valence-corrected chi connectivity index (χ3v) is 5.21. The summed E-state index contributed by atoms with van der Waals surface area (Å²) in [7, 11) is 0. The summed E-state index contributed by atoms with van der Waals surface area (Å²) in [4.78, 5) is 36.9. The molecule has 1 fully saturated rings. The second-order valence-corrected chi connectivity index (χ2v) is 7.57. The first kappa shape index (κ1) is 21.2. The highest BCUT2D eigenvalue weighted by molar-refractivity contribution is 5.99. The topological polar surface area (TPSA) is 129 Å². The fraction of sp³-hybridized carbons (Fsp3) is 0.273. The lowest BCUT2D eigenvalue weighted by Gasteiger charge is -2.17. The van der Waals surface area contributed by atoms with Gasteiger partial charge in [-0.25, -0.2) is 0 Å². The SMILES string of the molecule is Cc1ccc(N2C[C@@H](C(=O)O[C@H](C)c3nnc(-c4ccc([N+](=O)[O-])cc4)o3)CC2=O)cc1. The molecular weight excluding hydrogens is 416 g/mol. The van der Waals surface area contributed by atoms with E-state index in [1.54, 1.807) is 11.8 Å². The van der Waals surface area contributed by atoms with Crippen molar-refractivity contribution in [2.45, 2.75) is 26.4 Å². The number of nitro groups is 1. The van der Waals surface area contributed by atoms with Gasteiger partial charge in [-0.15, -0.1) is 10.2 Å². The van der Waals surface area contributed by atoms with Gasteiger partial charge in [0, 0.05) is 36.3 Å². The summed E-state index contributed by atoms with van der Waals surface area (Å²) >= 11 is 0. The van der Waals surface area contributed by atoms with E-state index < -0.39 is 22.9 Å². The van der Waals surface area contributed by atoms with Crippen molar-refractivity contribution < 1.29 is 23.7 Å². The van der Waals surface area contributed by atoms with Gasteiger partial charge >= 0.3 is 5.97 Å². The maximum atomic E-state index is 12.6. The monoisotopic (exact) mass is 436 g/mol. The van der Waals surface area contributed by atoms with Crippen LogP contribution in [0.2, 0.25) is 0 Å². The zero-order valence-corrected chi connectivity index (χ0v) is 17.4. The van der Waals surface area contributed by atoms with Crippen molar-refractivity contribution in [2.24, 2.45) is 5.92 Å². The lowest BCUT2D eigenvalue weighted by molar-refractivity contribution is -0.384. The number of aromatic nitrogens is 2. The Labute approximate surface area is 183 Å². The Morgan fingerprint density at radius 2 is 1.88 bits per heavy atom. The van der Waals surface area contributed by atoms with Gasteiger partial charge < -0.3 is 14.1 Å². The first-order valence-corrected chi connectivity index (χ1v) is 9.97. The van der Waals surface area contributed by atoms with Gasteiger partial charge in [0.2, 0.25) is 11.8 Å². The molecule has 2 aromatic carbocycles. The Morgan fingerprint density at radius 1 is 1.19 bits per heavy atom. The van der Waals surface area contributed by atoms with Gasteiger partial charge in [-0.1, -0.05) is 17.7 Å². The van der Waals surface area contributed by atoms with Crippen LogP contribution in [0.25, 0.3) is 11.5 Å². The zero-order chi connectivity index (χ0) is 22.8. The van der Waals surface area contributed by atoms with Crippen LogP contribution >= 0.6 is 0 Å². The molecule has 10 nitrogen and oxygen atoms in total. The number of hydrogen-bond donors (Lipinski definition) is 0. The van der Waals surface area contributed by atoms with Gasteiger partial charge in [-0.2, -0.15) is 0 Å². The van der Waals surface area contributed by atoms with E-state index in [1.165, 1.54) is 24.3 Å². The van der Waals surface area contributed by atoms with Crippen LogP contribution < -0.4 is 4.90 Å². The number of rotatable bonds is 6. The predicted octanol–water partition coefficient (Wildman–Crippen LogP) is 3.61. The van der Waals surface area contributed by atoms with E-state index in [1.807, 2.05) is 31.2 Å². The standard InChI is InChI=1S/C22H20N4O6/c1-13-3-7-17(8-4-13)25-12-16(11-19(25)27)22(28)31-14(2)20-23-24-21(32-20)15-5-9-18(10-6-15)26(29)30/h3-10,14,16H,11-12H2,1-2H3/t14-,16+/m1/s1. The Kier molecular flexibility index (Phi) is 5.67. The molecular formula is C22H20N4O6. The number of esters is 1. The first-order valence-electron chi connectivity index (χ1n) is 9.97. The van der Waals surface area contributed by atoms with Gasteiger partial charge in [0.15, 0.2) is 6.10 Å². The molecule has 10 heteroatoms. The summed E-state index contributed by atoms with van der Waals surface area (Å²) in [6.07, 6.45) is -0.748. The van der Waals surface area contributed by atoms with Crippen LogP contribution in [0.3, 0.4) is 0 Å². The Bertz CT molecular complexity index is 1160. The molecule has 0 saturated carbocycles. The Balaban J connectivity index is 1.39. The molecule has 3 aromatic rings. The molecule has 1 amide bonds. The molecule has 4 rings (SSSR count). The maximum absolute atomic E-state index is 12.6. The van der Waals surface area contributed by atoms with Gasteiger partial charge in [0.05, 0.1) is 10.8 Å². The normalized spacial score (nSPS) is 16.8. The van der Waals surface area contributed by atoms with Crippen LogP contribution in [0, 0.1) is 23.0 Å². The van der Waals surface area contributed by atoms with Crippen LogP contribution in [0.1, 0.15) is 30.9 Å². The van der Waals surface area contributed by atoms with Crippen molar-refractivity contribution in [2.75, 3.05) is 11.4 Å². The molecule has 1 aliphatic heterocycles. The van der Waals surface area contributed by atoms with E-state index in [2.05, 4.69) is 10.2 Å². The maximum Gasteiger partial charge on any atom is 0.312 e. The molecule has 2 atom stereocenters. The number of carbonyl (C=O) groups is 2. The molecule has 0 N–H and O–H groups in total. The number of non-ortho nitro benzene ring substituents is 1. The van der Waals surface area contributed by atoms with Crippen molar-refractivity contribution in [1.82, 2.24) is 10.2 Å². The van der Waals surface area contributed by atoms with Gasteiger partial charge in [0.1, 0.15) is 0 Å². The molecule has 1 saturated heterocycles. The van der Waals surface area contributed by atoms with E-state index in [4.69, 9.17) is 9.15 Å². The number of nitrogens with zero attached hydrogens (tertiary/aromatic N) is 4. The minimum absolute atomic E-state index is 0.0541. The van der Waals surface area contributed by atoms with Gasteiger partial charge in [-0.3, -0.25) is 19.7 Å². The number of benzene rings is 2. The third-order valence-electron chi connectivity index (χ3n) is 5.21. The van der Waals surface area contributed by atoms with E-state index in [0.29, 0.717) is 5.56 Å². The highest BCUT2D eigenvalue weighted by atomic mass is 16.6. The van der Waals surface area contributed by atoms with Crippen LogP contribution in [0.5, 0.6) is 0 Å². The van der Waals surface area contributed by atoms with Crippen LogP contribution in [0.4, 0.5) is 11.4 Å². The molecule has 0 spiro atoms. The quantitative estimate of drug-likeness (QED) is 0.326. The van der Waals surface area contributed by atoms with E-state index in [0.717, 1.165) is 11.3 Å². The number of aryl methyl sites for hydroxylation is 1. The highest BCUT2D eigenvalue weighted by Crippen LogP contribution is 2.29. The summed E-state index contributed by atoms with van der Waals surface area (Å²) in [6, 6.07) is 13.2. The average molecular weight is 436 g/mol. The third kappa shape index (κ3) is 4.34. The Morgan fingerprint density at radius 3 is 2.53 bits per heavy atom. The van der Waals surface area contributed by atoms with E-state index in [9.17, 15) is 19.7 Å². The summed E-state index contributed by atoms with van der Waals surface area (Å²) in [5, 5.41) is 18.6. The molecule has 32 heavy (non-hydrogen) atoms. The lowest BCUT2D eigenvalue weighted by Crippen LogP contribution is -2.26. The number of anilines is 1. The molecule has 0 aliphatic carbocycles. The first-order chi connectivity index (χ1) is 15.3. The highest BCUT2D eigenvalue weighted by Gasteiger charge is 2.37. The molecule has 0 bridgehead atoms. The average Bonchev–Trinajstić information content (AvgIpc) is 3.42. The number of amides is 1. The Hall–Kier alpha value is -4.08. The van der Waals surface area contributed by atoms with Crippen molar-refractivity contribution in [3.8, 4) is 11.5 Å². The predicted molar refractivity (Wildman–Crippen MR) is 113 cm³/mol. The molecule has 164 valence electrons. The van der Waals surface area contributed by atoms with Crippen molar-refractivity contribution in [3.63, 3.8) is 0 Å². The summed E-state index contributed by atoms with van der Waals surface area (Å²) < 4.78 is 11.0. The minimum Gasteiger partial charge on any atom is -0.452 e. The van der Waals surface area contributed by atoms with E-state index in [-0.39, 0.29) is 36.3 Å². The van der Waals surface area contributed by atoms with Crippen molar-refractivity contribution in [3.05, 3.63) is 70.1 Å². The number of ether oxygens (including phenoxy) is 1. The number of nitro benzene ring substituents is 1. The van der Waals surface area contributed by atoms with Crippen LogP contribution in [0.15, 0.2) is 52.9 Å². The smallest absolute Gasteiger partial charge is 0.312 e. The molecule has 2 heterocycles. The summed E-state index contributed by atoms with van der Waals surface area (Å²) in [6.45, 7) is 3.80. The molecule has 1 aliphatic rings. The summed E-state index contributed by atoms with van der Waals surface area (Å²) in [5.74, 6) is -1.01. The van der Waals surface area contributed by atoms with Gasteiger partial charge in [0.25, 0.3) is 11.6 Å². The largest absolute Gasteiger partial charge is 0.452 e. The summed E-state index contributed by atoms with van der Waals surface area (Å²) in [5.41, 5.74) is 2.27. The number of carbonyl (C=O) groups excluding carboxylic acids is 2. The number of hydrogen-bond acceptors (Lipinski definition) is 8. The molecule has 0 unspecified atom stereocenters. The second-order valence-electron chi connectivity index (χ2n) is 7.57. The lowest BCUT2D eigenvalue weighted by atomic mass is 10.1. The van der Waals surface area contributed by atoms with Crippen molar-refractivity contribution >= 4 is 23.3 Å². The molecule has 0 radical (unpaired) electrons. The zero-order valence-electron chi connectivity index (χ0n) is 17.4. The van der Waals surface area contributed by atoms with Crippen LogP contribution in [-0.4, -0.2) is 33.5 Å². The second kappa shape index (κ2) is 8.58. The van der Waals surface area contributed by atoms with Crippen LogP contribution in [-0.2, 0) is 14.3 Å². The fourth-order valence-electron chi connectivity index (χ4n) is 3.40. The van der Waals surface area contributed by atoms with Crippen molar-refractivity contribution in [1.29, 1.82) is 0 Å². The fourth-order valence-corrected chi connectivity index (χ4v) is 3.40. The van der Waals surface area contributed by atoms with Gasteiger partial charge in [-0.05, 0) is 38.1 Å².